The zero-order chi connectivity index (χ0) is 22.6. The van der Waals surface area contributed by atoms with E-state index in [4.69, 9.17) is 14.2 Å². The van der Waals surface area contributed by atoms with E-state index in [1.54, 1.807) is 6.21 Å². The van der Waals surface area contributed by atoms with Crippen molar-refractivity contribution in [2.24, 2.45) is 5.10 Å². The number of halogens is 1. The number of nitrogens with zero attached hydrogens (tertiary/aromatic N) is 5. The van der Waals surface area contributed by atoms with Gasteiger partial charge in [-0.3, -0.25) is 0 Å². The fourth-order valence-corrected chi connectivity index (χ4v) is 3.97. The van der Waals surface area contributed by atoms with Crippen LogP contribution in [0.5, 0.6) is 11.5 Å². The minimum absolute atomic E-state index is 0.232. The summed E-state index contributed by atoms with van der Waals surface area (Å²) in [6, 6.07) is 11.6. The predicted molar refractivity (Wildman–Crippen MR) is 129 cm³/mol. The highest BCUT2D eigenvalue weighted by atomic mass is 79.9. The first kappa shape index (κ1) is 21.4. The molecule has 0 radical (unpaired) electrons. The Labute approximate surface area is 199 Å². The number of benzene rings is 2. The van der Waals surface area contributed by atoms with Gasteiger partial charge in [-0.25, -0.2) is 5.43 Å². The van der Waals surface area contributed by atoms with E-state index < -0.39 is 0 Å². The summed E-state index contributed by atoms with van der Waals surface area (Å²) in [6.45, 7) is 4.94. The van der Waals surface area contributed by atoms with Crippen molar-refractivity contribution in [3.63, 3.8) is 0 Å². The normalized spacial score (nSPS) is 15.2. The van der Waals surface area contributed by atoms with Crippen LogP contribution >= 0.6 is 15.9 Å². The maximum atomic E-state index is 5.46. The smallest absolute Gasteiger partial charge is 0.250 e. The molecule has 0 aliphatic carbocycles. The van der Waals surface area contributed by atoms with E-state index >= 15 is 0 Å². The molecule has 1 saturated heterocycles. The Morgan fingerprint density at radius 1 is 1.00 bits per heavy atom. The van der Waals surface area contributed by atoms with Crippen LogP contribution in [0, 0.1) is 6.92 Å². The van der Waals surface area contributed by atoms with Crippen molar-refractivity contribution >= 4 is 45.7 Å². The first-order chi connectivity index (χ1) is 16.1. The van der Waals surface area contributed by atoms with Gasteiger partial charge in [0, 0.05) is 17.6 Å². The molecule has 11 heteroatoms. The van der Waals surface area contributed by atoms with Crippen molar-refractivity contribution in [2.45, 2.75) is 6.92 Å². The van der Waals surface area contributed by atoms with E-state index in [1.807, 2.05) is 43.3 Å². The molecule has 2 aromatic carbocycles. The molecule has 3 heterocycles. The second-order valence-corrected chi connectivity index (χ2v) is 8.33. The van der Waals surface area contributed by atoms with E-state index in [1.165, 1.54) is 0 Å². The van der Waals surface area contributed by atoms with Gasteiger partial charge in [0.25, 0.3) is 0 Å². The molecule has 0 unspecified atom stereocenters. The lowest BCUT2D eigenvalue weighted by atomic mass is 10.2. The second-order valence-electron chi connectivity index (χ2n) is 7.47. The number of fused-ring (bicyclic) bond motifs is 1. The summed E-state index contributed by atoms with van der Waals surface area (Å²) in [5.74, 6) is 2.72. The fraction of sp³-hybridized carbons (Fsp3) is 0.273. The highest BCUT2D eigenvalue weighted by Crippen LogP contribution is 2.32. The third-order valence-electron chi connectivity index (χ3n) is 5.06. The van der Waals surface area contributed by atoms with Crippen molar-refractivity contribution in [1.82, 2.24) is 15.0 Å². The molecule has 0 spiro atoms. The number of aryl methyl sites for hydroxylation is 1. The van der Waals surface area contributed by atoms with Crippen molar-refractivity contribution < 1.29 is 14.2 Å². The van der Waals surface area contributed by atoms with Crippen LogP contribution in [0.2, 0.25) is 0 Å². The molecule has 33 heavy (non-hydrogen) atoms. The molecule has 170 valence electrons. The largest absolute Gasteiger partial charge is 0.454 e. The Morgan fingerprint density at radius 3 is 2.67 bits per heavy atom. The Hall–Kier alpha value is -3.44. The summed E-state index contributed by atoms with van der Waals surface area (Å²) in [6.07, 6.45) is 1.67. The van der Waals surface area contributed by atoms with Gasteiger partial charge in [-0.05, 0) is 64.3 Å². The number of hydrazone groups is 1. The summed E-state index contributed by atoms with van der Waals surface area (Å²) in [4.78, 5) is 15.7. The number of ether oxygens (including phenoxy) is 3. The Kier molecular flexibility index (Phi) is 6.22. The molecule has 0 saturated carbocycles. The molecule has 0 amide bonds. The lowest BCUT2D eigenvalue weighted by molar-refractivity contribution is 0.122. The van der Waals surface area contributed by atoms with Gasteiger partial charge in [0.15, 0.2) is 11.5 Å². The van der Waals surface area contributed by atoms with E-state index in [2.05, 4.69) is 51.6 Å². The molecule has 3 aromatic rings. The third kappa shape index (κ3) is 5.15. The summed E-state index contributed by atoms with van der Waals surface area (Å²) in [5, 5.41) is 7.56. The summed E-state index contributed by atoms with van der Waals surface area (Å²) >= 11 is 3.59. The maximum Gasteiger partial charge on any atom is 0.250 e. The molecule has 1 aromatic heterocycles. The SMILES string of the molecule is Cc1ccc(Nc2nc(N/N=C\c3ccc4c(c3)OCO4)nc(N3CCOCC3)n2)c(Br)c1. The lowest BCUT2D eigenvalue weighted by Crippen LogP contribution is -2.37. The molecule has 0 atom stereocenters. The first-order valence-electron chi connectivity index (χ1n) is 10.4. The minimum atomic E-state index is 0.232. The van der Waals surface area contributed by atoms with Gasteiger partial charge >= 0.3 is 0 Å². The average molecular weight is 512 g/mol. The van der Waals surface area contributed by atoms with Gasteiger partial charge in [0.05, 0.1) is 25.1 Å². The number of nitrogens with one attached hydrogen (secondary N) is 2. The predicted octanol–water partition coefficient (Wildman–Crippen LogP) is 3.70. The highest BCUT2D eigenvalue weighted by molar-refractivity contribution is 9.10. The third-order valence-corrected chi connectivity index (χ3v) is 5.72. The van der Waals surface area contributed by atoms with Gasteiger partial charge < -0.3 is 24.4 Å². The Bertz CT molecular complexity index is 1180. The van der Waals surface area contributed by atoms with Gasteiger partial charge in [-0.2, -0.15) is 20.1 Å². The zero-order valence-electron chi connectivity index (χ0n) is 17.9. The highest BCUT2D eigenvalue weighted by Gasteiger charge is 2.17. The Morgan fingerprint density at radius 2 is 1.82 bits per heavy atom. The first-order valence-corrected chi connectivity index (χ1v) is 11.2. The minimum Gasteiger partial charge on any atom is -0.454 e. The number of anilines is 4. The van der Waals surface area contributed by atoms with Crippen LogP contribution in [-0.2, 0) is 4.74 Å². The standard InChI is InChI=1S/C22H22BrN7O3/c1-14-2-4-17(16(23)10-14)25-20-26-21(28-22(27-20)30-6-8-31-9-7-30)29-24-12-15-3-5-18-19(11-15)33-13-32-18/h2-5,10-12H,6-9,13H2,1H3,(H2,25,26,27,28,29)/b24-12-. The second kappa shape index (κ2) is 9.59. The van der Waals surface area contributed by atoms with Crippen LogP contribution in [0.25, 0.3) is 0 Å². The van der Waals surface area contributed by atoms with Crippen LogP contribution in [0.15, 0.2) is 46.0 Å². The molecule has 2 N–H and O–H groups in total. The monoisotopic (exact) mass is 511 g/mol. The van der Waals surface area contributed by atoms with Crippen LogP contribution in [-0.4, -0.2) is 54.3 Å². The van der Waals surface area contributed by atoms with Gasteiger partial charge in [-0.15, -0.1) is 0 Å². The molecule has 10 nitrogen and oxygen atoms in total. The molecule has 1 fully saturated rings. The molecule has 2 aliphatic heterocycles. The summed E-state index contributed by atoms with van der Waals surface area (Å²) in [7, 11) is 0. The topological polar surface area (TPSA) is 106 Å². The van der Waals surface area contributed by atoms with Gasteiger partial charge in [-0.1, -0.05) is 6.07 Å². The molecule has 2 aliphatic rings. The molecular formula is C22H22BrN7O3. The van der Waals surface area contributed by atoms with E-state index in [9.17, 15) is 0 Å². The number of hydrogen-bond acceptors (Lipinski definition) is 10. The van der Waals surface area contributed by atoms with Crippen LogP contribution in [0.3, 0.4) is 0 Å². The van der Waals surface area contributed by atoms with Crippen molar-refractivity contribution in [3.05, 3.63) is 52.0 Å². The van der Waals surface area contributed by atoms with E-state index in [-0.39, 0.29) is 6.79 Å². The van der Waals surface area contributed by atoms with Crippen LogP contribution < -0.4 is 25.1 Å². The van der Waals surface area contributed by atoms with Crippen LogP contribution in [0.1, 0.15) is 11.1 Å². The van der Waals surface area contributed by atoms with Gasteiger partial charge in [0.1, 0.15) is 0 Å². The summed E-state index contributed by atoms with van der Waals surface area (Å²) < 4.78 is 17.1. The van der Waals surface area contributed by atoms with Crippen LogP contribution in [0.4, 0.5) is 23.5 Å². The van der Waals surface area contributed by atoms with Crippen molar-refractivity contribution in [2.75, 3.05) is 48.7 Å². The zero-order valence-corrected chi connectivity index (χ0v) is 19.5. The fourth-order valence-electron chi connectivity index (χ4n) is 3.38. The number of aromatic nitrogens is 3. The number of hydrogen-bond donors (Lipinski definition) is 2. The van der Waals surface area contributed by atoms with E-state index in [0.717, 1.165) is 27.0 Å². The summed E-state index contributed by atoms with van der Waals surface area (Å²) in [5.41, 5.74) is 5.78. The van der Waals surface area contributed by atoms with Crippen molar-refractivity contribution in [1.29, 1.82) is 0 Å². The molecule has 0 bridgehead atoms. The lowest BCUT2D eigenvalue weighted by Gasteiger charge is -2.27. The Balaban J connectivity index is 1.38. The number of rotatable bonds is 6. The quantitative estimate of drug-likeness (QED) is 0.378. The maximum absolute atomic E-state index is 5.46. The molecular weight excluding hydrogens is 490 g/mol. The molecule has 5 rings (SSSR count). The van der Waals surface area contributed by atoms with E-state index in [0.29, 0.717) is 49.9 Å². The average Bonchev–Trinajstić information content (AvgIpc) is 3.29. The van der Waals surface area contributed by atoms with Crippen molar-refractivity contribution in [3.8, 4) is 11.5 Å². The number of morpholine rings is 1. The van der Waals surface area contributed by atoms with Gasteiger partial charge in [0.2, 0.25) is 24.6 Å².